The van der Waals surface area contributed by atoms with Gasteiger partial charge in [-0.2, -0.15) is 0 Å². The van der Waals surface area contributed by atoms with Crippen LogP contribution in [-0.4, -0.2) is 83.3 Å². The Labute approximate surface area is 147 Å². The molecule has 1 rings (SSSR count). The molecule has 0 spiro atoms. The highest BCUT2D eigenvalue weighted by atomic mass is 32.2. The summed E-state index contributed by atoms with van der Waals surface area (Å²) in [6, 6.07) is 0. The number of nitrogens with one attached hydrogen (secondary N) is 1. The number of nitrogens with zero attached hydrogens (tertiary/aromatic N) is 3. The van der Waals surface area contributed by atoms with Crippen molar-refractivity contribution in [3.63, 3.8) is 0 Å². The zero-order valence-corrected chi connectivity index (χ0v) is 16.4. The summed E-state index contributed by atoms with van der Waals surface area (Å²) in [5, 5.41) is 3.32. The molecule has 0 aliphatic carbocycles. The van der Waals surface area contributed by atoms with Gasteiger partial charge in [-0.3, -0.25) is 4.99 Å². The van der Waals surface area contributed by atoms with Crippen molar-refractivity contribution in [3.8, 4) is 0 Å². The molecular weight excluding hydrogens is 328 g/mol. The highest BCUT2D eigenvalue weighted by Crippen LogP contribution is 2.18. The van der Waals surface area contributed by atoms with Crippen molar-refractivity contribution in [2.24, 2.45) is 10.9 Å². The largest absolute Gasteiger partial charge is 0.381 e. The summed E-state index contributed by atoms with van der Waals surface area (Å²) in [5.74, 6) is 1.61. The molecule has 0 amide bonds. The minimum absolute atomic E-state index is 0.512. The van der Waals surface area contributed by atoms with Crippen LogP contribution in [0.3, 0.4) is 0 Å². The van der Waals surface area contributed by atoms with Crippen molar-refractivity contribution in [1.82, 2.24) is 14.5 Å². The lowest BCUT2D eigenvalue weighted by Gasteiger charge is -2.27. The highest BCUT2D eigenvalue weighted by Gasteiger charge is 2.16. The van der Waals surface area contributed by atoms with E-state index in [-0.39, 0.29) is 0 Å². The summed E-state index contributed by atoms with van der Waals surface area (Å²) >= 11 is 0. The standard InChI is InChI=1S/C16H34N4O3S/c1-5-20(24(4,21)22)11-6-10-18-16(17-2)19(3)12-7-15-8-13-23-14-9-15/h15H,5-14H2,1-4H3,(H,17,18). The van der Waals surface area contributed by atoms with Crippen LogP contribution in [0.25, 0.3) is 0 Å². The lowest BCUT2D eigenvalue weighted by molar-refractivity contribution is 0.0625. The van der Waals surface area contributed by atoms with E-state index in [1.807, 2.05) is 14.0 Å². The Bertz CT molecular complexity index is 476. The van der Waals surface area contributed by atoms with E-state index in [2.05, 4.69) is 15.2 Å². The Morgan fingerprint density at radius 3 is 2.50 bits per heavy atom. The summed E-state index contributed by atoms with van der Waals surface area (Å²) < 4.78 is 30.0. The van der Waals surface area contributed by atoms with E-state index in [0.29, 0.717) is 19.6 Å². The van der Waals surface area contributed by atoms with Crippen LogP contribution in [0.2, 0.25) is 0 Å². The third-order valence-electron chi connectivity index (χ3n) is 4.48. The molecule has 0 bridgehead atoms. The monoisotopic (exact) mass is 362 g/mol. The molecule has 0 aromatic rings. The van der Waals surface area contributed by atoms with Crippen LogP contribution < -0.4 is 5.32 Å². The smallest absolute Gasteiger partial charge is 0.211 e. The van der Waals surface area contributed by atoms with Crippen molar-refractivity contribution < 1.29 is 13.2 Å². The third kappa shape index (κ3) is 7.81. The summed E-state index contributed by atoms with van der Waals surface area (Å²) in [7, 11) is 0.721. The molecule has 24 heavy (non-hydrogen) atoms. The van der Waals surface area contributed by atoms with Crippen LogP contribution in [0.15, 0.2) is 4.99 Å². The van der Waals surface area contributed by atoms with E-state index in [0.717, 1.165) is 57.3 Å². The molecular formula is C16H34N4O3S. The summed E-state index contributed by atoms with van der Waals surface area (Å²) in [4.78, 5) is 6.45. The minimum Gasteiger partial charge on any atom is -0.381 e. The summed E-state index contributed by atoms with van der Waals surface area (Å²) in [6.45, 7) is 6.35. The van der Waals surface area contributed by atoms with Gasteiger partial charge in [0.15, 0.2) is 5.96 Å². The summed E-state index contributed by atoms with van der Waals surface area (Å²) in [5.41, 5.74) is 0. The van der Waals surface area contributed by atoms with E-state index < -0.39 is 10.0 Å². The normalized spacial score (nSPS) is 17.3. The molecule has 1 N–H and O–H groups in total. The quantitative estimate of drug-likeness (QED) is 0.376. The Hall–Kier alpha value is -0.860. The predicted octanol–water partition coefficient (Wildman–Crippen LogP) is 0.982. The fourth-order valence-electron chi connectivity index (χ4n) is 2.92. The average Bonchev–Trinajstić information content (AvgIpc) is 2.56. The van der Waals surface area contributed by atoms with Gasteiger partial charge in [0, 0.05) is 53.5 Å². The second kappa shape index (κ2) is 10.9. The lowest BCUT2D eigenvalue weighted by atomic mass is 9.96. The number of hydrogen-bond donors (Lipinski definition) is 1. The molecule has 0 aromatic heterocycles. The zero-order chi connectivity index (χ0) is 18.0. The summed E-state index contributed by atoms with van der Waals surface area (Å²) in [6.07, 6.45) is 5.47. The Balaban J connectivity index is 2.28. The predicted molar refractivity (Wildman–Crippen MR) is 98.9 cm³/mol. The highest BCUT2D eigenvalue weighted by molar-refractivity contribution is 7.88. The van der Waals surface area contributed by atoms with E-state index in [1.54, 1.807) is 7.05 Å². The second-order valence-corrected chi connectivity index (χ2v) is 8.33. The van der Waals surface area contributed by atoms with Gasteiger partial charge in [-0.15, -0.1) is 0 Å². The van der Waals surface area contributed by atoms with E-state index in [4.69, 9.17) is 4.74 Å². The van der Waals surface area contributed by atoms with Gasteiger partial charge in [-0.05, 0) is 31.6 Å². The maximum absolute atomic E-state index is 11.6. The number of aliphatic imine (C=N–C) groups is 1. The molecule has 0 radical (unpaired) electrons. The first-order valence-corrected chi connectivity index (χ1v) is 10.7. The van der Waals surface area contributed by atoms with Crippen LogP contribution in [0.5, 0.6) is 0 Å². The molecule has 0 saturated carbocycles. The van der Waals surface area contributed by atoms with Crippen molar-refractivity contribution in [2.75, 3.05) is 59.7 Å². The van der Waals surface area contributed by atoms with E-state index in [1.165, 1.54) is 10.6 Å². The van der Waals surface area contributed by atoms with Crippen LogP contribution in [-0.2, 0) is 14.8 Å². The molecule has 8 heteroatoms. The number of ether oxygens (including phenoxy) is 1. The third-order valence-corrected chi connectivity index (χ3v) is 5.85. The fraction of sp³-hybridized carbons (Fsp3) is 0.938. The van der Waals surface area contributed by atoms with E-state index >= 15 is 0 Å². The molecule has 142 valence electrons. The van der Waals surface area contributed by atoms with Crippen molar-refractivity contribution in [2.45, 2.75) is 32.6 Å². The molecule has 1 aliphatic rings. The second-order valence-electron chi connectivity index (χ2n) is 6.35. The van der Waals surface area contributed by atoms with Crippen molar-refractivity contribution >= 4 is 16.0 Å². The van der Waals surface area contributed by atoms with Gasteiger partial charge in [-0.25, -0.2) is 12.7 Å². The first kappa shape index (κ1) is 21.2. The van der Waals surface area contributed by atoms with Crippen LogP contribution in [0.4, 0.5) is 0 Å². The molecule has 1 aliphatic heterocycles. The average molecular weight is 363 g/mol. The topological polar surface area (TPSA) is 74.2 Å². The van der Waals surface area contributed by atoms with Gasteiger partial charge in [0.1, 0.15) is 0 Å². The molecule has 1 heterocycles. The minimum atomic E-state index is -3.10. The molecule has 1 fully saturated rings. The molecule has 7 nitrogen and oxygen atoms in total. The molecule has 0 unspecified atom stereocenters. The maximum Gasteiger partial charge on any atom is 0.211 e. The van der Waals surface area contributed by atoms with Gasteiger partial charge < -0.3 is 15.0 Å². The molecule has 0 aromatic carbocycles. The van der Waals surface area contributed by atoms with Gasteiger partial charge >= 0.3 is 0 Å². The number of rotatable bonds is 9. The Morgan fingerprint density at radius 2 is 1.96 bits per heavy atom. The van der Waals surface area contributed by atoms with Gasteiger partial charge in [0.05, 0.1) is 6.26 Å². The maximum atomic E-state index is 11.6. The zero-order valence-electron chi connectivity index (χ0n) is 15.6. The number of guanidine groups is 1. The fourth-order valence-corrected chi connectivity index (χ4v) is 3.85. The van der Waals surface area contributed by atoms with Crippen LogP contribution in [0.1, 0.15) is 32.6 Å². The van der Waals surface area contributed by atoms with E-state index in [9.17, 15) is 8.42 Å². The van der Waals surface area contributed by atoms with Crippen LogP contribution >= 0.6 is 0 Å². The number of hydrogen-bond acceptors (Lipinski definition) is 4. The lowest BCUT2D eigenvalue weighted by Crippen LogP contribution is -2.41. The first-order valence-electron chi connectivity index (χ1n) is 8.83. The van der Waals surface area contributed by atoms with Crippen molar-refractivity contribution in [1.29, 1.82) is 0 Å². The molecule has 0 atom stereocenters. The Morgan fingerprint density at radius 1 is 1.29 bits per heavy atom. The molecule has 1 saturated heterocycles. The van der Waals surface area contributed by atoms with Crippen molar-refractivity contribution in [3.05, 3.63) is 0 Å². The SMILES string of the molecule is CCN(CCCNC(=NC)N(C)CCC1CCOCC1)S(C)(=O)=O. The number of sulfonamides is 1. The first-order chi connectivity index (χ1) is 11.4. The van der Waals surface area contributed by atoms with Gasteiger partial charge in [-0.1, -0.05) is 6.92 Å². The van der Waals surface area contributed by atoms with Gasteiger partial charge in [0.2, 0.25) is 10.0 Å². The van der Waals surface area contributed by atoms with Gasteiger partial charge in [0.25, 0.3) is 0 Å². The van der Waals surface area contributed by atoms with Crippen LogP contribution in [0, 0.1) is 5.92 Å². The Kier molecular flexibility index (Phi) is 9.61.